The number of carbonyl (C=O) groups is 3. The summed E-state index contributed by atoms with van der Waals surface area (Å²) in [5, 5.41) is 22.3. The van der Waals surface area contributed by atoms with Crippen molar-refractivity contribution in [2.45, 2.75) is 104 Å². The molecular weight excluding hydrogens is 440 g/mol. The molecule has 0 radical (unpaired) electrons. The van der Waals surface area contributed by atoms with Gasteiger partial charge in [-0.3, -0.25) is 14.4 Å². The summed E-state index contributed by atoms with van der Waals surface area (Å²) in [5.41, 5.74) is -1.13. The maximum absolute atomic E-state index is 12.4. The minimum Gasteiger partial charge on any atom is -0.458 e. The minimum absolute atomic E-state index is 0.276. The molecule has 0 bridgehead atoms. The molecule has 34 heavy (non-hydrogen) atoms. The Morgan fingerprint density at radius 2 is 1.59 bits per heavy atom. The van der Waals surface area contributed by atoms with Gasteiger partial charge in [-0.2, -0.15) is 0 Å². The van der Waals surface area contributed by atoms with Crippen LogP contribution in [-0.2, 0) is 28.6 Å². The van der Waals surface area contributed by atoms with Gasteiger partial charge in [-0.15, -0.1) is 0 Å². The average molecular weight is 479 g/mol. The fourth-order valence-corrected chi connectivity index (χ4v) is 6.67. The molecule has 8 nitrogen and oxygen atoms in total. The maximum atomic E-state index is 12.4. The topological polar surface area (TPSA) is 119 Å². The largest absolute Gasteiger partial charge is 0.458 e. The van der Waals surface area contributed by atoms with Crippen LogP contribution in [0.15, 0.2) is 23.3 Å². The fraction of sp³-hybridized carbons (Fsp3) is 0.731. The number of rotatable bonds is 4. The molecule has 3 aliphatic carbocycles. The fourth-order valence-electron chi connectivity index (χ4n) is 6.67. The van der Waals surface area contributed by atoms with Crippen LogP contribution in [0.3, 0.4) is 0 Å². The van der Waals surface area contributed by atoms with Crippen molar-refractivity contribution < 1.29 is 38.8 Å². The van der Waals surface area contributed by atoms with E-state index in [-0.39, 0.29) is 12.3 Å². The van der Waals surface area contributed by atoms with Gasteiger partial charge in [0.1, 0.15) is 12.2 Å². The highest BCUT2D eigenvalue weighted by Gasteiger charge is 2.66. The van der Waals surface area contributed by atoms with Gasteiger partial charge in [0.25, 0.3) is 0 Å². The van der Waals surface area contributed by atoms with E-state index in [4.69, 9.17) is 14.2 Å². The Morgan fingerprint density at radius 1 is 1.03 bits per heavy atom. The van der Waals surface area contributed by atoms with Gasteiger partial charge in [0, 0.05) is 38.0 Å². The Bertz CT molecular complexity index is 928. The van der Waals surface area contributed by atoms with Crippen molar-refractivity contribution in [2.75, 3.05) is 0 Å². The van der Waals surface area contributed by atoms with Crippen LogP contribution in [0.5, 0.6) is 0 Å². The zero-order valence-corrected chi connectivity index (χ0v) is 21.3. The van der Waals surface area contributed by atoms with Crippen LogP contribution in [0.1, 0.15) is 74.1 Å². The molecule has 2 fully saturated rings. The van der Waals surface area contributed by atoms with Crippen molar-refractivity contribution in [3.05, 3.63) is 23.3 Å². The summed E-state index contributed by atoms with van der Waals surface area (Å²) in [6.07, 6.45) is -1.67. The maximum Gasteiger partial charge on any atom is 0.303 e. The second kappa shape index (κ2) is 8.79. The monoisotopic (exact) mass is 478 g/mol. The standard InChI is InChI=1S/C26H38O8/c1-13-18-11-26(24(6,7)31)12-20(32-15(3)27)14(2)21(26)22(33-16(4)28)23(34-17(5)29)25(18,8)10-9-19(13)30/h18-20,22-23,30-31H,1,9-12H2,2-8H3. The van der Waals surface area contributed by atoms with E-state index in [0.29, 0.717) is 36.0 Å². The van der Waals surface area contributed by atoms with Crippen molar-refractivity contribution in [1.82, 2.24) is 0 Å². The molecule has 0 aromatic carbocycles. The first-order chi connectivity index (χ1) is 15.5. The molecule has 0 amide bonds. The van der Waals surface area contributed by atoms with Crippen molar-refractivity contribution in [2.24, 2.45) is 16.7 Å². The SMILES string of the molecule is C=C1C(O)CCC2(C)C1CC1(C(C)(C)O)CC(OC(C)=O)C(C)=C1C(OC(C)=O)C2OC(C)=O. The van der Waals surface area contributed by atoms with Crippen LogP contribution in [-0.4, -0.2) is 58.1 Å². The highest BCUT2D eigenvalue weighted by Crippen LogP contribution is 2.65. The van der Waals surface area contributed by atoms with E-state index in [1.165, 1.54) is 20.8 Å². The smallest absolute Gasteiger partial charge is 0.303 e. The number of ether oxygens (including phenoxy) is 3. The van der Waals surface area contributed by atoms with E-state index in [9.17, 15) is 24.6 Å². The summed E-state index contributed by atoms with van der Waals surface area (Å²) in [4.78, 5) is 36.6. The molecule has 0 aromatic rings. The van der Waals surface area contributed by atoms with Crippen molar-refractivity contribution in [3.8, 4) is 0 Å². The van der Waals surface area contributed by atoms with E-state index in [0.717, 1.165) is 0 Å². The van der Waals surface area contributed by atoms with Gasteiger partial charge >= 0.3 is 17.9 Å². The number of hydrogen-bond acceptors (Lipinski definition) is 8. The highest BCUT2D eigenvalue weighted by atomic mass is 16.6. The predicted molar refractivity (Wildman–Crippen MR) is 123 cm³/mol. The number of fused-ring (bicyclic) bond motifs is 2. The first kappa shape index (κ1) is 26.4. The lowest BCUT2D eigenvalue weighted by atomic mass is 9.57. The Balaban J connectivity index is 2.36. The van der Waals surface area contributed by atoms with E-state index in [1.54, 1.807) is 20.8 Å². The quantitative estimate of drug-likeness (QED) is 0.360. The van der Waals surface area contributed by atoms with E-state index < -0.39 is 58.8 Å². The number of aliphatic hydroxyl groups is 2. The zero-order valence-electron chi connectivity index (χ0n) is 21.3. The highest BCUT2D eigenvalue weighted by molar-refractivity contribution is 5.69. The number of aliphatic hydroxyl groups excluding tert-OH is 1. The lowest BCUT2D eigenvalue weighted by Crippen LogP contribution is -2.52. The zero-order chi connectivity index (χ0) is 25.8. The summed E-state index contributed by atoms with van der Waals surface area (Å²) < 4.78 is 17.4. The molecule has 7 atom stereocenters. The lowest BCUT2D eigenvalue weighted by Gasteiger charge is -2.50. The normalized spacial score (nSPS) is 37.9. The summed E-state index contributed by atoms with van der Waals surface area (Å²) in [6.45, 7) is 15.3. The summed E-state index contributed by atoms with van der Waals surface area (Å²) in [5.74, 6) is -1.90. The third-order valence-corrected chi connectivity index (χ3v) is 8.41. The predicted octanol–water partition coefficient (Wildman–Crippen LogP) is 3.00. The number of esters is 3. The third kappa shape index (κ3) is 4.19. The van der Waals surface area contributed by atoms with Crippen molar-refractivity contribution in [3.63, 3.8) is 0 Å². The Hall–Kier alpha value is -2.19. The summed E-state index contributed by atoms with van der Waals surface area (Å²) in [6, 6.07) is 0. The molecule has 190 valence electrons. The van der Waals surface area contributed by atoms with Crippen molar-refractivity contribution in [1.29, 1.82) is 0 Å². The molecule has 7 unspecified atom stereocenters. The van der Waals surface area contributed by atoms with Crippen LogP contribution >= 0.6 is 0 Å². The van der Waals surface area contributed by atoms with E-state index in [1.807, 2.05) is 6.92 Å². The van der Waals surface area contributed by atoms with Gasteiger partial charge in [-0.25, -0.2) is 0 Å². The Kier molecular flexibility index (Phi) is 6.83. The molecule has 3 rings (SSSR count). The second-order valence-electron chi connectivity index (χ2n) is 11.0. The van der Waals surface area contributed by atoms with Crippen LogP contribution in [0.25, 0.3) is 0 Å². The first-order valence-electron chi connectivity index (χ1n) is 11.9. The summed E-state index contributed by atoms with van der Waals surface area (Å²) >= 11 is 0. The molecule has 0 aromatic heterocycles. The molecule has 0 aliphatic heterocycles. The average Bonchev–Trinajstić information content (AvgIpc) is 2.91. The number of hydrogen-bond donors (Lipinski definition) is 2. The van der Waals surface area contributed by atoms with Gasteiger partial charge in [0.2, 0.25) is 0 Å². The van der Waals surface area contributed by atoms with Crippen LogP contribution in [0, 0.1) is 16.7 Å². The van der Waals surface area contributed by atoms with Crippen LogP contribution < -0.4 is 0 Å². The van der Waals surface area contributed by atoms with E-state index in [2.05, 4.69) is 6.58 Å². The first-order valence-corrected chi connectivity index (χ1v) is 11.9. The Morgan fingerprint density at radius 3 is 2.09 bits per heavy atom. The molecule has 0 saturated heterocycles. The van der Waals surface area contributed by atoms with Gasteiger partial charge in [-0.05, 0) is 62.7 Å². The van der Waals surface area contributed by atoms with Gasteiger partial charge < -0.3 is 24.4 Å². The minimum atomic E-state index is -1.33. The van der Waals surface area contributed by atoms with Crippen LogP contribution in [0.4, 0.5) is 0 Å². The van der Waals surface area contributed by atoms with Gasteiger partial charge in [0.05, 0.1) is 11.7 Å². The number of carbonyl (C=O) groups excluding carboxylic acids is 3. The van der Waals surface area contributed by atoms with E-state index >= 15 is 0 Å². The second-order valence-corrected chi connectivity index (χ2v) is 11.0. The molecular formula is C26H38O8. The third-order valence-electron chi connectivity index (χ3n) is 8.41. The molecule has 0 spiro atoms. The summed E-state index contributed by atoms with van der Waals surface area (Å²) in [7, 11) is 0. The van der Waals surface area contributed by atoms with Gasteiger partial charge in [0.15, 0.2) is 6.10 Å². The van der Waals surface area contributed by atoms with Crippen molar-refractivity contribution >= 4 is 17.9 Å². The molecule has 2 saturated carbocycles. The van der Waals surface area contributed by atoms with Crippen LogP contribution in [0.2, 0.25) is 0 Å². The molecule has 2 N–H and O–H groups in total. The Labute approximate surface area is 201 Å². The van der Waals surface area contributed by atoms with Gasteiger partial charge in [-0.1, -0.05) is 13.5 Å². The molecule has 3 aliphatic rings. The molecule has 0 heterocycles. The lowest BCUT2D eigenvalue weighted by molar-refractivity contribution is -0.177. The molecule has 8 heteroatoms.